The molecule has 0 saturated carbocycles. The van der Waals surface area contributed by atoms with E-state index >= 15 is 0 Å². The van der Waals surface area contributed by atoms with Gasteiger partial charge in [-0.15, -0.1) is 11.8 Å². The highest BCUT2D eigenvalue weighted by atomic mass is 32.2. The van der Waals surface area contributed by atoms with E-state index in [1.807, 2.05) is 18.2 Å². The summed E-state index contributed by atoms with van der Waals surface area (Å²) in [6, 6.07) is 8.24. The Bertz CT molecular complexity index is 1030. The third kappa shape index (κ3) is 3.05. The van der Waals surface area contributed by atoms with Gasteiger partial charge < -0.3 is 19.7 Å². The summed E-state index contributed by atoms with van der Waals surface area (Å²) < 4.78 is 10.3. The molecule has 2 aliphatic rings. The van der Waals surface area contributed by atoms with Crippen LogP contribution in [0.1, 0.15) is 16.1 Å². The molecule has 0 spiro atoms. The molecule has 0 radical (unpaired) electrons. The van der Waals surface area contributed by atoms with Crippen LogP contribution in [0.2, 0.25) is 0 Å². The van der Waals surface area contributed by atoms with E-state index in [2.05, 4.69) is 10.5 Å². The van der Waals surface area contributed by atoms with Crippen LogP contribution in [0.5, 0.6) is 0 Å². The number of fused-ring (bicyclic) bond motifs is 1. The van der Waals surface area contributed by atoms with Crippen LogP contribution in [0.4, 0.5) is 0 Å². The number of hydrogen-bond donors (Lipinski definition) is 2. The highest BCUT2D eigenvalue weighted by Crippen LogP contribution is 2.40. The zero-order valence-corrected chi connectivity index (χ0v) is 16.4. The molecule has 0 aliphatic carbocycles. The minimum absolute atomic E-state index is 0.183. The lowest BCUT2D eigenvalue weighted by atomic mass is 10.0. The molecule has 1 saturated heterocycles. The average Bonchev–Trinajstić information content (AvgIpc) is 3.12. The number of carbonyl (C=O) groups is 3. The summed E-state index contributed by atoms with van der Waals surface area (Å²) in [4.78, 5) is 38.3. The van der Waals surface area contributed by atoms with E-state index in [1.54, 1.807) is 19.1 Å². The molecule has 150 valence electrons. The average molecular weight is 415 g/mol. The molecule has 0 unspecified atom stereocenters. The quantitative estimate of drug-likeness (QED) is 0.707. The highest BCUT2D eigenvalue weighted by Gasteiger charge is 2.55. The first-order valence-electron chi connectivity index (χ1n) is 8.71. The van der Waals surface area contributed by atoms with Gasteiger partial charge in [0.15, 0.2) is 5.70 Å². The van der Waals surface area contributed by atoms with Gasteiger partial charge in [0.1, 0.15) is 34.2 Å². The van der Waals surface area contributed by atoms with Crippen LogP contribution in [0.15, 0.2) is 46.3 Å². The summed E-state index contributed by atoms with van der Waals surface area (Å²) in [6.45, 7) is 1.62. The monoisotopic (exact) mass is 415 g/mol. The van der Waals surface area contributed by atoms with Gasteiger partial charge >= 0.3 is 5.97 Å². The van der Waals surface area contributed by atoms with E-state index < -0.39 is 29.2 Å². The summed E-state index contributed by atoms with van der Waals surface area (Å²) in [6.07, 6.45) is 0. The molecule has 4 rings (SSSR count). The van der Waals surface area contributed by atoms with E-state index in [9.17, 15) is 19.5 Å². The molecule has 2 aromatic rings. The number of rotatable bonds is 5. The maximum Gasteiger partial charge on any atom is 0.356 e. The number of aromatic nitrogens is 1. The van der Waals surface area contributed by atoms with Gasteiger partial charge in [-0.25, -0.2) is 4.79 Å². The summed E-state index contributed by atoms with van der Waals surface area (Å²) in [5, 5.41) is 15.6. The minimum Gasteiger partial charge on any atom is -0.498 e. The Kier molecular flexibility index (Phi) is 4.79. The standard InChI is InChI=1S/C19H17N3O6S/c1-9-12(13(21-28-9)10-6-4-3-5-7-10)16(23)20-14-17(24)22-15(19(25)26)11(27-2)8-29-18(14)22/h3-7,14,18H,8H2,1-2H3,(H,20,23)(H,25,26)/t14-,18-/m1/s1. The van der Waals surface area contributed by atoms with Crippen molar-refractivity contribution in [2.45, 2.75) is 18.3 Å². The normalized spacial score (nSPS) is 20.8. The number of aryl methyl sites for hydroxylation is 1. The van der Waals surface area contributed by atoms with Crippen molar-refractivity contribution in [2.24, 2.45) is 0 Å². The summed E-state index contributed by atoms with van der Waals surface area (Å²) >= 11 is 1.33. The number of nitrogens with one attached hydrogen (secondary N) is 1. The molecule has 2 aliphatic heterocycles. The Morgan fingerprint density at radius 2 is 2.07 bits per heavy atom. The first kappa shape index (κ1) is 19.1. The lowest BCUT2D eigenvalue weighted by molar-refractivity contribution is -0.149. The second-order valence-corrected chi connectivity index (χ2v) is 7.58. The molecule has 29 heavy (non-hydrogen) atoms. The Morgan fingerprint density at radius 3 is 2.72 bits per heavy atom. The minimum atomic E-state index is -1.24. The van der Waals surface area contributed by atoms with Gasteiger partial charge in [-0.05, 0) is 6.92 Å². The van der Waals surface area contributed by atoms with Gasteiger partial charge in [0.05, 0.1) is 12.9 Å². The van der Waals surface area contributed by atoms with Crippen molar-refractivity contribution in [3.8, 4) is 11.3 Å². The van der Waals surface area contributed by atoms with Crippen molar-refractivity contribution in [3.63, 3.8) is 0 Å². The van der Waals surface area contributed by atoms with Crippen LogP contribution < -0.4 is 5.32 Å². The van der Waals surface area contributed by atoms with Gasteiger partial charge in [0.2, 0.25) is 0 Å². The maximum atomic E-state index is 12.9. The molecule has 1 aromatic carbocycles. The number of carbonyl (C=O) groups excluding carboxylic acids is 2. The first-order valence-corrected chi connectivity index (χ1v) is 9.76. The highest BCUT2D eigenvalue weighted by molar-refractivity contribution is 8.00. The number of ether oxygens (including phenoxy) is 1. The van der Waals surface area contributed by atoms with Crippen LogP contribution in [-0.2, 0) is 14.3 Å². The molecule has 1 aromatic heterocycles. The number of benzene rings is 1. The molecule has 3 heterocycles. The lowest BCUT2D eigenvalue weighted by Gasteiger charge is -2.48. The summed E-state index contributed by atoms with van der Waals surface area (Å²) in [7, 11) is 1.36. The molecule has 9 nitrogen and oxygen atoms in total. The SMILES string of the molecule is COC1=C(C(=O)O)N2C(=O)[C@@H](NC(=O)c3c(-c4ccccc4)noc3C)[C@H]2SC1. The van der Waals surface area contributed by atoms with E-state index in [0.29, 0.717) is 22.8 Å². The van der Waals surface area contributed by atoms with Crippen LogP contribution in [0, 0.1) is 6.92 Å². The van der Waals surface area contributed by atoms with Crippen molar-refractivity contribution in [1.82, 2.24) is 15.4 Å². The van der Waals surface area contributed by atoms with Gasteiger partial charge in [-0.3, -0.25) is 14.5 Å². The van der Waals surface area contributed by atoms with Gasteiger partial charge in [-0.1, -0.05) is 35.5 Å². The van der Waals surface area contributed by atoms with E-state index in [-0.39, 0.29) is 17.0 Å². The number of nitrogens with zero attached hydrogens (tertiary/aromatic N) is 2. The molecular weight excluding hydrogens is 398 g/mol. The van der Waals surface area contributed by atoms with E-state index in [0.717, 1.165) is 4.90 Å². The number of hydrogen-bond acceptors (Lipinski definition) is 7. The fourth-order valence-electron chi connectivity index (χ4n) is 3.39. The Labute approximate surface area is 169 Å². The molecule has 2 N–H and O–H groups in total. The number of carboxylic acid groups (broad SMARTS) is 1. The van der Waals surface area contributed by atoms with Crippen LogP contribution in [-0.4, -0.2) is 57.2 Å². The van der Waals surface area contributed by atoms with Crippen molar-refractivity contribution in [3.05, 3.63) is 53.1 Å². The van der Waals surface area contributed by atoms with E-state index in [1.165, 1.54) is 18.9 Å². The lowest BCUT2D eigenvalue weighted by Crippen LogP contribution is -2.70. The Morgan fingerprint density at radius 1 is 1.34 bits per heavy atom. The Hall–Kier alpha value is -3.27. The van der Waals surface area contributed by atoms with Crippen LogP contribution in [0.3, 0.4) is 0 Å². The van der Waals surface area contributed by atoms with Crippen LogP contribution >= 0.6 is 11.8 Å². The van der Waals surface area contributed by atoms with Gasteiger partial charge in [-0.2, -0.15) is 0 Å². The fourth-order valence-corrected chi connectivity index (χ4v) is 4.71. The largest absolute Gasteiger partial charge is 0.498 e. The van der Waals surface area contributed by atoms with Crippen molar-refractivity contribution >= 4 is 29.5 Å². The maximum absolute atomic E-state index is 12.9. The zero-order chi connectivity index (χ0) is 20.7. The molecule has 2 amide bonds. The third-order valence-electron chi connectivity index (χ3n) is 4.81. The first-order chi connectivity index (χ1) is 13.9. The number of aliphatic carboxylic acids is 1. The number of amides is 2. The fraction of sp³-hybridized carbons (Fsp3) is 0.263. The van der Waals surface area contributed by atoms with Crippen molar-refractivity contribution in [2.75, 3.05) is 12.9 Å². The number of thioether (sulfide) groups is 1. The molecule has 1 fully saturated rings. The zero-order valence-electron chi connectivity index (χ0n) is 15.5. The third-order valence-corrected chi connectivity index (χ3v) is 6.06. The van der Waals surface area contributed by atoms with Crippen LogP contribution in [0.25, 0.3) is 11.3 Å². The molecule has 10 heteroatoms. The van der Waals surface area contributed by atoms with Crippen molar-refractivity contribution < 1.29 is 28.8 Å². The van der Waals surface area contributed by atoms with Gasteiger partial charge in [0, 0.05) is 5.56 Å². The predicted molar refractivity (Wildman–Crippen MR) is 103 cm³/mol. The molecule has 0 bridgehead atoms. The summed E-state index contributed by atoms with van der Waals surface area (Å²) in [5.74, 6) is -1.41. The predicted octanol–water partition coefficient (Wildman–Crippen LogP) is 1.61. The second-order valence-electron chi connectivity index (χ2n) is 6.47. The second kappa shape index (κ2) is 7.28. The summed E-state index contributed by atoms with van der Waals surface area (Å²) in [5.41, 5.74) is 1.16. The van der Waals surface area contributed by atoms with Gasteiger partial charge in [0.25, 0.3) is 11.8 Å². The number of methoxy groups -OCH3 is 1. The molecule has 2 atom stereocenters. The number of β-lactam (4-membered cyclic amide) rings is 1. The smallest absolute Gasteiger partial charge is 0.356 e. The van der Waals surface area contributed by atoms with E-state index in [4.69, 9.17) is 9.26 Å². The number of carboxylic acids is 1. The molecular formula is C19H17N3O6S. The Balaban J connectivity index is 1.58. The van der Waals surface area contributed by atoms with Crippen molar-refractivity contribution in [1.29, 1.82) is 0 Å². The topological polar surface area (TPSA) is 122 Å².